The highest BCUT2D eigenvalue weighted by molar-refractivity contribution is 9.10. The second-order valence-electron chi connectivity index (χ2n) is 3.77. The summed E-state index contributed by atoms with van der Waals surface area (Å²) in [5, 5.41) is 13.7. The Balaban J connectivity index is 2.23. The number of halogens is 2. The van der Waals surface area contributed by atoms with E-state index in [4.69, 9.17) is 10.8 Å². The van der Waals surface area contributed by atoms with E-state index in [1.807, 2.05) is 11.4 Å². The third-order valence-electron chi connectivity index (χ3n) is 2.50. The summed E-state index contributed by atoms with van der Waals surface area (Å²) >= 11 is 4.89. The fraction of sp³-hybridized carbons (Fsp3) is 0.0833. The predicted molar refractivity (Wildman–Crippen MR) is 77.1 cm³/mol. The highest BCUT2D eigenvalue weighted by Gasteiger charge is 2.13. The van der Waals surface area contributed by atoms with Crippen molar-refractivity contribution in [2.75, 3.05) is 11.1 Å². The number of rotatable bonds is 4. The molecule has 4 nitrogen and oxygen atoms in total. The van der Waals surface area contributed by atoms with Crippen molar-refractivity contribution < 1.29 is 14.3 Å². The van der Waals surface area contributed by atoms with Crippen LogP contribution in [0.25, 0.3) is 0 Å². The molecule has 0 fully saturated rings. The quantitative estimate of drug-likeness (QED) is 0.741. The van der Waals surface area contributed by atoms with Gasteiger partial charge in [-0.15, -0.1) is 11.3 Å². The van der Waals surface area contributed by atoms with Gasteiger partial charge in [0.1, 0.15) is 5.82 Å². The van der Waals surface area contributed by atoms with Crippen molar-refractivity contribution >= 4 is 44.6 Å². The Bertz CT molecular complexity index is 630. The van der Waals surface area contributed by atoms with Gasteiger partial charge in [0.25, 0.3) is 0 Å². The molecule has 1 heterocycles. The van der Waals surface area contributed by atoms with Crippen molar-refractivity contribution in [2.45, 2.75) is 6.54 Å². The Morgan fingerprint density at radius 3 is 2.84 bits per heavy atom. The number of carboxylic acid groups (broad SMARTS) is 1. The Hall–Kier alpha value is -1.60. The lowest BCUT2D eigenvalue weighted by Gasteiger charge is -2.09. The van der Waals surface area contributed by atoms with Crippen molar-refractivity contribution in [3.8, 4) is 0 Å². The molecule has 100 valence electrons. The van der Waals surface area contributed by atoms with Crippen LogP contribution in [0.1, 0.15) is 15.2 Å². The van der Waals surface area contributed by atoms with Crippen LogP contribution < -0.4 is 11.1 Å². The van der Waals surface area contributed by atoms with Crippen LogP contribution in [0.2, 0.25) is 0 Å². The van der Waals surface area contributed by atoms with E-state index < -0.39 is 11.8 Å². The standard InChI is InChI=1S/C12H10BrFN2O2S/c13-7-1-2-19-11(7)5-16-10-3-6(12(17)18)9(15)4-8(10)14/h1-4,16H,5,15H2,(H,17,18). The minimum atomic E-state index is -1.18. The lowest BCUT2D eigenvalue weighted by molar-refractivity contribution is 0.0698. The number of nitrogens with one attached hydrogen (secondary N) is 1. The highest BCUT2D eigenvalue weighted by Crippen LogP contribution is 2.26. The van der Waals surface area contributed by atoms with Crippen molar-refractivity contribution in [1.29, 1.82) is 0 Å². The van der Waals surface area contributed by atoms with Crippen LogP contribution in [0.15, 0.2) is 28.1 Å². The van der Waals surface area contributed by atoms with Crippen LogP contribution >= 0.6 is 27.3 Å². The Morgan fingerprint density at radius 2 is 2.26 bits per heavy atom. The molecule has 0 aliphatic rings. The molecule has 0 aliphatic carbocycles. The van der Waals surface area contributed by atoms with Crippen LogP contribution in [-0.4, -0.2) is 11.1 Å². The molecular formula is C12H10BrFN2O2S. The first-order valence-electron chi connectivity index (χ1n) is 5.27. The zero-order chi connectivity index (χ0) is 14.0. The van der Waals surface area contributed by atoms with E-state index in [0.717, 1.165) is 15.4 Å². The highest BCUT2D eigenvalue weighted by atomic mass is 79.9. The topological polar surface area (TPSA) is 75.3 Å². The number of thiophene rings is 1. The summed E-state index contributed by atoms with van der Waals surface area (Å²) in [6.07, 6.45) is 0. The van der Waals surface area contributed by atoms with Crippen LogP contribution in [0.4, 0.5) is 15.8 Å². The maximum absolute atomic E-state index is 13.7. The van der Waals surface area contributed by atoms with Gasteiger partial charge < -0.3 is 16.2 Å². The summed E-state index contributed by atoms with van der Waals surface area (Å²) in [6.45, 7) is 0.401. The van der Waals surface area contributed by atoms with E-state index >= 15 is 0 Å². The summed E-state index contributed by atoms with van der Waals surface area (Å²) in [6, 6.07) is 4.10. The van der Waals surface area contributed by atoms with Gasteiger partial charge in [0.2, 0.25) is 0 Å². The molecule has 1 aromatic carbocycles. The number of hydrogen-bond donors (Lipinski definition) is 3. The number of nitrogen functional groups attached to an aromatic ring is 1. The first-order valence-corrected chi connectivity index (χ1v) is 6.94. The molecule has 2 aromatic rings. The molecule has 0 aliphatic heterocycles. The number of anilines is 2. The summed E-state index contributed by atoms with van der Waals surface area (Å²) in [5.41, 5.74) is 5.36. The predicted octanol–water partition coefficient (Wildman–Crippen LogP) is 3.54. The first kappa shape index (κ1) is 13.8. The van der Waals surface area contributed by atoms with Crippen LogP contribution in [0.5, 0.6) is 0 Å². The van der Waals surface area contributed by atoms with Gasteiger partial charge in [-0.3, -0.25) is 0 Å². The fourth-order valence-electron chi connectivity index (χ4n) is 1.54. The van der Waals surface area contributed by atoms with Crippen LogP contribution in [0.3, 0.4) is 0 Å². The number of carbonyl (C=O) groups is 1. The SMILES string of the molecule is Nc1cc(F)c(NCc2sccc2Br)cc1C(=O)O. The number of aromatic carboxylic acids is 1. The second-order valence-corrected chi connectivity index (χ2v) is 5.62. The lowest BCUT2D eigenvalue weighted by atomic mass is 10.1. The number of nitrogens with two attached hydrogens (primary N) is 1. The molecule has 0 radical (unpaired) electrons. The van der Waals surface area contributed by atoms with E-state index in [2.05, 4.69) is 21.2 Å². The zero-order valence-corrected chi connectivity index (χ0v) is 12.0. The van der Waals surface area contributed by atoms with Crippen molar-refractivity contribution in [3.63, 3.8) is 0 Å². The minimum absolute atomic E-state index is 0.0899. The van der Waals surface area contributed by atoms with E-state index in [0.29, 0.717) is 6.54 Å². The van der Waals surface area contributed by atoms with Gasteiger partial charge in [0.15, 0.2) is 0 Å². The van der Waals surface area contributed by atoms with Crippen molar-refractivity contribution in [2.24, 2.45) is 0 Å². The summed E-state index contributed by atoms with van der Waals surface area (Å²) in [5.74, 6) is -1.76. The summed E-state index contributed by atoms with van der Waals surface area (Å²) in [4.78, 5) is 11.9. The number of hydrogen-bond acceptors (Lipinski definition) is 4. The van der Waals surface area contributed by atoms with E-state index in [-0.39, 0.29) is 16.9 Å². The molecular weight excluding hydrogens is 335 g/mol. The lowest BCUT2D eigenvalue weighted by Crippen LogP contribution is -2.07. The fourth-order valence-corrected chi connectivity index (χ4v) is 2.97. The van der Waals surface area contributed by atoms with Crippen LogP contribution in [0, 0.1) is 5.82 Å². The number of benzene rings is 1. The van der Waals surface area contributed by atoms with Gasteiger partial charge in [-0.05, 0) is 39.5 Å². The van der Waals surface area contributed by atoms with Gasteiger partial charge in [-0.25, -0.2) is 9.18 Å². The third-order valence-corrected chi connectivity index (χ3v) is 4.43. The Kier molecular flexibility index (Phi) is 4.06. The smallest absolute Gasteiger partial charge is 0.337 e. The molecule has 0 bridgehead atoms. The maximum Gasteiger partial charge on any atom is 0.337 e. The average molecular weight is 345 g/mol. The molecule has 0 amide bonds. The van der Waals surface area contributed by atoms with E-state index in [1.165, 1.54) is 17.4 Å². The van der Waals surface area contributed by atoms with Gasteiger partial charge >= 0.3 is 5.97 Å². The van der Waals surface area contributed by atoms with Gasteiger partial charge in [0.05, 0.1) is 17.8 Å². The van der Waals surface area contributed by atoms with Crippen LogP contribution in [-0.2, 0) is 6.54 Å². The monoisotopic (exact) mass is 344 g/mol. The zero-order valence-electron chi connectivity index (χ0n) is 9.61. The molecule has 0 saturated heterocycles. The first-order chi connectivity index (χ1) is 8.99. The van der Waals surface area contributed by atoms with Gasteiger partial charge in [0, 0.05) is 15.0 Å². The van der Waals surface area contributed by atoms with Crippen molar-refractivity contribution in [1.82, 2.24) is 0 Å². The molecule has 0 saturated carbocycles. The number of carboxylic acids is 1. The average Bonchev–Trinajstić information content (AvgIpc) is 2.73. The molecule has 0 atom stereocenters. The molecule has 19 heavy (non-hydrogen) atoms. The Labute approximate surface area is 121 Å². The molecule has 0 spiro atoms. The second kappa shape index (κ2) is 5.58. The van der Waals surface area contributed by atoms with Gasteiger partial charge in [-0.2, -0.15) is 0 Å². The molecule has 4 N–H and O–H groups in total. The third kappa shape index (κ3) is 3.05. The van der Waals surface area contributed by atoms with E-state index in [9.17, 15) is 9.18 Å². The largest absolute Gasteiger partial charge is 0.478 e. The Morgan fingerprint density at radius 1 is 1.53 bits per heavy atom. The molecule has 7 heteroatoms. The van der Waals surface area contributed by atoms with Crippen molar-refractivity contribution in [3.05, 3.63) is 44.3 Å². The molecule has 1 aromatic heterocycles. The molecule has 2 rings (SSSR count). The maximum atomic E-state index is 13.7. The summed E-state index contributed by atoms with van der Waals surface area (Å²) < 4.78 is 14.6. The summed E-state index contributed by atoms with van der Waals surface area (Å²) in [7, 11) is 0. The van der Waals surface area contributed by atoms with Gasteiger partial charge in [-0.1, -0.05) is 0 Å². The normalized spacial score (nSPS) is 10.4. The minimum Gasteiger partial charge on any atom is -0.478 e. The van der Waals surface area contributed by atoms with E-state index in [1.54, 1.807) is 0 Å². The molecule has 0 unspecified atom stereocenters.